The normalized spacial score (nSPS) is 10.4. The first-order valence-electron chi connectivity index (χ1n) is 9.32. The summed E-state index contributed by atoms with van der Waals surface area (Å²) in [5.41, 5.74) is 2.89. The second-order valence-electron chi connectivity index (χ2n) is 6.83. The highest BCUT2D eigenvalue weighted by Crippen LogP contribution is 2.29. The van der Waals surface area contributed by atoms with Crippen LogP contribution >= 0.6 is 11.6 Å². The van der Waals surface area contributed by atoms with Crippen molar-refractivity contribution in [1.82, 2.24) is 4.57 Å². The molecule has 0 aliphatic heterocycles. The maximum Gasteiger partial charge on any atom is 0.271 e. The van der Waals surface area contributed by atoms with E-state index in [1.165, 1.54) is 12.1 Å². The minimum Gasteiger partial charge on any atom is -0.482 e. The van der Waals surface area contributed by atoms with Gasteiger partial charge in [-0.3, -0.25) is 14.9 Å². The van der Waals surface area contributed by atoms with E-state index in [0.29, 0.717) is 17.9 Å². The Morgan fingerprint density at radius 2 is 1.97 bits per heavy atom. The van der Waals surface area contributed by atoms with Gasteiger partial charge in [0.25, 0.3) is 11.6 Å². The first-order valence-corrected chi connectivity index (χ1v) is 9.70. The molecule has 1 N–H and O–H groups in total. The molecule has 158 valence electrons. The van der Waals surface area contributed by atoms with Gasteiger partial charge < -0.3 is 14.6 Å². The van der Waals surface area contributed by atoms with Gasteiger partial charge in [-0.2, -0.15) is 5.26 Å². The van der Waals surface area contributed by atoms with Crippen molar-refractivity contribution in [2.24, 2.45) is 0 Å². The summed E-state index contributed by atoms with van der Waals surface area (Å²) in [6, 6.07) is 15.6. The lowest BCUT2D eigenvalue weighted by Gasteiger charge is -2.14. The van der Waals surface area contributed by atoms with Crippen molar-refractivity contribution in [3.05, 3.63) is 86.1 Å². The Bertz CT molecular complexity index is 1180. The Labute approximate surface area is 183 Å². The zero-order valence-electron chi connectivity index (χ0n) is 16.9. The van der Waals surface area contributed by atoms with Gasteiger partial charge in [0.15, 0.2) is 6.61 Å². The quantitative estimate of drug-likeness (QED) is 0.428. The van der Waals surface area contributed by atoms with Crippen LogP contribution in [0.3, 0.4) is 0 Å². The summed E-state index contributed by atoms with van der Waals surface area (Å²) in [7, 11) is 0. The highest BCUT2D eigenvalue weighted by Gasteiger charge is 2.20. The summed E-state index contributed by atoms with van der Waals surface area (Å²) >= 11 is 6.00. The monoisotopic (exact) mass is 438 g/mol. The van der Waals surface area contributed by atoms with Crippen LogP contribution in [0, 0.1) is 35.3 Å². The average molecular weight is 439 g/mol. The minimum atomic E-state index is -0.572. The molecular formula is C22H19ClN4O4. The number of nitriles is 1. The molecule has 1 aromatic heterocycles. The smallest absolute Gasteiger partial charge is 0.271 e. The van der Waals surface area contributed by atoms with Crippen LogP contribution in [0.2, 0.25) is 5.02 Å². The van der Waals surface area contributed by atoms with Crippen LogP contribution in [0.5, 0.6) is 5.75 Å². The number of benzene rings is 2. The fourth-order valence-corrected chi connectivity index (χ4v) is 3.36. The molecule has 8 nitrogen and oxygen atoms in total. The number of amides is 1. The summed E-state index contributed by atoms with van der Waals surface area (Å²) in [5.74, 6) is 0.0532. The number of halogens is 1. The largest absolute Gasteiger partial charge is 0.482 e. The van der Waals surface area contributed by atoms with Crippen LogP contribution in [-0.4, -0.2) is 22.0 Å². The molecule has 0 atom stereocenters. The number of nitrogens with one attached hydrogen (secondary N) is 1. The molecule has 0 saturated heterocycles. The number of nitro benzene ring substituents is 1. The van der Waals surface area contributed by atoms with E-state index in [4.69, 9.17) is 16.3 Å². The summed E-state index contributed by atoms with van der Waals surface area (Å²) in [4.78, 5) is 22.8. The zero-order chi connectivity index (χ0) is 22.5. The predicted octanol–water partition coefficient (Wildman–Crippen LogP) is 4.60. The second kappa shape index (κ2) is 9.32. The maximum atomic E-state index is 12.6. The van der Waals surface area contributed by atoms with Gasteiger partial charge in [0.2, 0.25) is 0 Å². The van der Waals surface area contributed by atoms with Gasteiger partial charge in [-0.15, -0.1) is 0 Å². The van der Waals surface area contributed by atoms with Gasteiger partial charge >= 0.3 is 0 Å². The molecule has 1 heterocycles. The van der Waals surface area contributed by atoms with E-state index in [2.05, 4.69) is 11.4 Å². The second-order valence-corrected chi connectivity index (χ2v) is 7.23. The van der Waals surface area contributed by atoms with Crippen LogP contribution in [0.15, 0.2) is 48.5 Å². The number of hydrogen-bond acceptors (Lipinski definition) is 5. The Balaban J connectivity index is 1.78. The molecule has 31 heavy (non-hydrogen) atoms. The molecule has 0 bridgehead atoms. The van der Waals surface area contributed by atoms with E-state index in [-0.39, 0.29) is 23.1 Å². The lowest BCUT2D eigenvalue weighted by Crippen LogP contribution is -2.23. The predicted molar refractivity (Wildman–Crippen MR) is 116 cm³/mol. The molecule has 9 heteroatoms. The van der Waals surface area contributed by atoms with Crippen LogP contribution < -0.4 is 10.1 Å². The topological polar surface area (TPSA) is 110 Å². The van der Waals surface area contributed by atoms with Crippen LogP contribution in [0.1, 0.15) is 22.4 Å². The summed E-state index contributed by atoms with van der Waals surface area (Å²) < 4.78 is 7.29. The molecule has 2 aromatic carbocycles. The molecule has 0 unspecified atom stereocenters. The number of rotatable bonds is 7. The number of ether oxygens (including phenoxy) is 1. The Morgan fingerprint density at radius 3 is 2.58 bits per heavy atom. The first kappa shape index (κ1) is 21.9. The average Bonchev–Trinajstić information content (AvgIpc) is 2.97. The molecule has 0 saturated carbocycles. The van der Waals surface area contributed by atoms with Gasteiger partial charge in [-0.05, 0) is 31.0 Å². The summed E-state index contributed by atoms with van der Waals surface area (Å²) in [5, 5.41) is 23.2. The van der Waals surface area contributed by atoms with Gasteiger partial charge in [0.05, 0.1) is 15.5 Å². The molecule has 0 aliphatic rings. The number of nitrogens with zero attached hydrogens (tertiary/aromatic N) is 3. The molecule has 0 radical (unpaired) electrons. The van der Waals surface area contributed by atoms with Gasteiger partial charge in [-0.1, -0.05) is 41.9 Å². The van der Waals surface area contributed by atoms with Gasteiger partial charge in [0, 0.05) is 24.4 Å². The Morgan fingerprint density at radius 1 is 1.26 bits per heavy atom. The van der Waals surface area contributed by atoms with Crippen molar-refractivity contribution < 1.29 is 14.5 Å². The highest BCUT2D eigenvalue weighted by molar-refractivity contribution is 6.32. The van der Waals surface area contributed by atoms with E-state index in [9.17, 15) is 20.2 Å². The minimum absolute atomic E-state index is 0.0267. The van der Waals surface area contributed by atoms with Crippen molar-refractivity contribution in [3.8, 4) is 11.8 Å². The molecule has 1 amide bonds. The van der Waals surface area contributed by atoms with Crippen molar-refractivity contribution in [3.63, 3.8) is 0 Å². The van der Waals surface area contributed by atoms with Gasteiger partial charge in [-0.25, -0.2) is 0 Å². The third-order valence-corrected chi connectivity index (χ3v) is 5.16. The number of nitro groups is 1. The van der Waals surface area contributed by atoms with E-state index >= 15 is 0 Å². The zero-order valence-corrected chi connectivity index (χ0v) is 17.6. The highest BCUT2D eigenvalue weighted by atomic mass is 35.5. The van der Waals surface area contributed by atoms with Crippen LogP contribution in [-0.2, 0) is 11.3 Å². The lowest BCUT2D eigenvalue weighted by molar-refractivity contribution is -0.384. The SMILES string of the molecule is Cc1c(C#N)c(NC(=O)COc2ccc([N+](=O)[O-])cc2Cl)n(Cc2ccccc2)c1C. The van der Waals surface area contributed by atoms with Crippen LogP contribution in [0.25, 0.3) is 0 Å². The first-order chi connectivity index (χ1) is 14.8. The molecule has 3 aromatic rings. The van der Waals surface area contributed by atoms with Crippen molar-refractivity contribution in [2.45, 2.75) is 20.4 Å². The number of non-ortho nitro benzene ring substituents is 1. The molecule has 0 aliphatic carbocycles. The number of aromatic nitrogens is 1. The standard InChI is InChI=1S/C22H19ClN4O4/c1-14-15(2)26(12-16-6-4-3-5-7-16)22(18(14)11-24)25-21(28)13-31-20-9-8-17(27(29)30)10-19(20)23/h3-10H,12-13H2,1-2H3,(H,25,28). The van der Waals surface area contributed by atoms with E-state index in [1.807, 2.05) is 48.7 Å². The lowest BCUT2D eigenvalue weighted by atomic mass is 10.2. The number of hydrogen-bond donors (Lipinski definition) is 1. The van der Waals surface area contributed by atoms with Crippen LogP contribution in [0.4, 0.5) is 11.5 Å². The molecule has 3 rings (SSSR count). The van der Waals surface area contributed by atoms with Crippen molar-refractivity contribution >= 4 is 29.0 Å². The molecule has 0 spiro atoms. The molecule has 0 fully saturated rings. The van der Waals surface area contributed by atoms with Crippen molar-refractivity contribution in [1.29, 1.82) is 5.26 Å². The molecular weight excluding hydrogens is 420 g/mol. The van der Waals surface area contributed by atoms with E-state index in [1.54, 1.807) is 0 Å². The maximum absolute atomic E-state index is 12.6. The van der Waals surface area contributed by atoms with Crippen molar-refractivity contribution in [2.75, 3.05) is 11.9 Å². The third-order valence-electron chi connectivity index (χ3n) is 4.87. The third kappa shape index (κ3) is 4.85. The fraction of sp³-hybridized carbons (Fsp3) is 0.182. The summed E-state index contributed by atoms with van der Waals surface area (Å²) in [6.07, 6.45) is 0. The van der Waals surface area contributed by atoms with Gasteiger partial charge in [0.1, 0.15) is 17.6 Å². The van der Waals surface area contributed by atoms with E-state index < -0.39 is 10.8 Å². The van der Waals surface area contributed by atoms with E-state index in [0.717, 1.165) is 22.9 Å². The number of anilines is 1. The number of carbonyl (C=O) groups excluding carboxylic acids is 1. The fourth-order valence-electron chi connectivity index (χ4n) is 3.13. The summed E-state index contributed by atoms with van der Waals surface area (Å²) in [6.45, 7) is 3.83. The number of carbonyl (C=O) groups is 1. The Kier molecular flexibility index (Phi) is 6.58. The Hall–Kier alpha value is -3.83.